The Morgan fingerprint density at radius 1 is 0.731 bits per heavy atom. The highest BCUT2D eigenvalue weighted by molar-refractivity contribution is 5.98. The summed E-state index contributed by atoms with van der Waals surface area (Å²) in [4.78, 5) is 0. The molecule has 128 valence electrons. The van der Waals surface area contributed by atoms with Crippen LogP contribution >= 0.6 is 0 Å². The Hall–Kier alpha value is -3.66. The molecule has 0 radical (unpaired) electrons. The molecule has 4 nitrogen and oxygen atoms in total. The summed E-state index contributed by atoms with van der Waals surface area (Å²) in [6, 6.07) is 26.7. The van der Waals surface area contributed by atoms with E-state index in [2.05, 4.69) is 34.5 Å². The van der Waals surface area contributed by atoms with Gasteiger partial charge in [-0.1, -0.05) is 60.7 Å². The quantitative estimate of drug-likeness (QED) is 0.414. The van der Waals surface area contributed by atoms with Crippen LogP contribution in [0.3, 0.4) is 0 Å². The number of phenols is 1. The molecule has 0 aromatic heterocycles. The van der Waals surface area contributed by atoms with Gasteiger partial charge in [-0.25, -0.2) is 0 Å². The molecule has 0 fully saturated rings. The first-order valence-corrected chi connectivity index (χ1v) is 8.21. The fourth-order valence-corrected chi connectivity index (χ4v) is 2.49. The molecule has 0 bridgehead atoms. The van der Waals surface area contributed by atoms with Crippen LogP contribution in [-0.2, 0) is 0 Å². The van der Waals surface area contributed by atoms with Gasteiger partial charge in [0, 0.05) is 5.56 Å². The number of phenolic OH excluding ortho intramolecular Hbond substituents is 1. The summed E-state index contributed by atoms with van der Waals surface area (Å²) in [7, 11) is 0. The Bertz CT molecular complexity index is 887. The normalized spacial score (nSPS) is 11.5. The lowest BCUT2D eigenvalue weighted by atomic mass is 9.98. The number of aromatic hydroxyl groups is 1. The van der Waals surface area contributed by atoms with E-state index in [9.17, 15) is 5.11 Å². The molecular formula is C22H19N3O. The third kappa shape index (κ3) is 4.45. The summed E-state index contributed by atoms with van der Waals surface area (Å²) >= 11 is 0. The SMILES string of the molecule is N/C(=N\N=C\C=C(c1ccccc1)c1ccccc1)c1ccc(O)cc1. The lowest BCUT2D eigenvalue weighted by molar-refractivity contribution is 0.475. The lowest BCUT2D eigenvalue weighted by Gasteiger charge is -2.07. The number of rotatable bonds is 5. The smallest absolute Gasteiger partial charge is 0.153 e. The van der Waals surface area contributed by atoms with E-state index in [1.807, 2.05) is 42.5 Å². The molecule has 0 saturated carbocycles. The molecule has 0 spiro atoms. The maximum Gasteiger partial charge on any atom is 0.153 e. The van der Waals surface area contributed by atoms with Crippen LogP contribution < -0.4 is 5.73 Å². The van der Waals surface area contributed by atoms with Crippen molar-refractivity contribution >= 4 is 17.6 Å². The Labute approximate surface area is 152 Å². The van der Waals surface area contributed by atoms with Gasteiger partial charge in [0.05, 0.1) is 6.21 Å². The van der Waals surface area contributed by atoms with Crippen molar-refractivity contribution in [2.45, 2.75) is 0 Å². The van der Waals surface area contributed by atoms with Crippen LogP contribution in [-0.4, -0.2) is 17.2 Å². The zero-order chi connectivity index (χ0) is 18.2. The monoisotopic (exact) mass is 341 g/mol. The first-order chi connectivity index (χ1) is 12.7. The van der Waals surface area contributed by atoms with E-state index in [1.54, 1.807) is 30.5 Å². The summed E-state index contributed by atoms with van der Waals surface area (Å²) in [5, 5.41) is 17.4. The standard InChI is InChI=1S/C22H19N3O/c23-22(19-11-13-20(26)14-12-19)25-24-16-15-21(17-7-3-1-4-8-17)18-9-5-2-6-10-18/h1-16,26H,(H2,23,25)/b24-16+. The number of allylic oxidation sites excluding steroid dienone is 1. The predicted molar refractivity (Wildman–Crippen MR) is 107 cm³/mol. The van der Waals surface area contributed by atoms with E-state index < -0.39 is 0 Å². The van der Waals surface area contributed by atoms with Crippen LogP contribution in [0.15, 0.2) is 101 Å². The molecule has 0 amide bonds. The number of benzene rings is 3. The van der Waals surface area contributed by atoms with E-state index in [-0.39, 0.29) is 11.6 Å². The molecule has 0 atom stereocenters. The largest absolute Gasteiger partial charge is 0.508 e. The lowest BCUT2D eigenvalue weighted by Crippen LogP contribution is -2.12. The second-order valence-electron chi connectivity index (χ2n) is 5.61. The molecular weight excluding hydrogens is 322 g/mol. The summed E-state index contributed by atoms with van der Waals surface area (Å²) in [5.74, 6) is 0.471. The molecule has 0 saturated heterocycles. The highest BCUT2D eigenvalue weighted by Crippen LogP contribution is 2.22. The Morgan fingerprint density at radius 3 is 1.81 bits per heavy atom. The first-order valence-electron chi connectivity index (χ1n) is 8.21. The summed E-state index contributed by atoms with van der Waals surface area (Å²) in [6.07, 6.45) is 3.54. The van der Waals surface area contributed by atoms with Crippen molar-refractivity contribution < 1.29 is 5.11 Å². The minimum Gasteiger partial charge on any atom is -0.508 e. The van der Waals surface area contributed by atoms with E-state index in [1.165, 1.54) is 0 Å². The number of hydrogen-bond acceptors (Lipinski definition) is 3. The molecule has 0 heterocycles. The molecule has 3 N–H and O–H groups in total. The summed E-state index contributed by atoms with van der Waals surface area (Å²) in [5.41, 5.74) is 9.87. The second kappa shape index (κ2) is 8.44. The van der Waals surface area contributed by atoms with Crippen LogP contribution in [0.1, 0.15) is 16.7 Å². The van der Waals surface area contributed by atoms with Crippen molar-refractivity contribution in [2.24, 2.45) is 15.9 Å². The van der Waals surface area contributed by atoms with E-state index >= 15 is 0 Å². The Morgan fingerprint density at radius 2 is 1.27 bits per heavy atom. The van der Waals surface area contributed by atoms with Crippen molar-refractivity contribution in [3.05, 3.63) is 108 Å². The molecule has 0 aliphatic rings. The first kappa shape index (κ1) is 17.2. The van der Waals surface area contributed by atoms with Gasteiger partial charge in [0.1, 0.15) is 5.75 Å². The van der Waals surface area contributed by atoms with Gasteiger partial charge in [-0.2, -0.15) is 5.10 Å². The maximum absolute atomic E-state index is 9.31. The molecule has 3 rings (SSSR count). The van der Waals surface area contributed by atoms with Gasteiger partial charge in [0.15, 0.2) is 5.84 Å². The van der Waals surface area contributed by atoms with Crippen molar-refractivity contribution in [1.29, 1.82) is 0 Å². The predicted octanol–water partition coefficient (Wildman–Crippen LogP) is 4.22. The van der Waals surface area contributed by atoms with Crippen LogP contribution in [0.4, 0.5) is 0 Å². The van der Waals surface area contributed by atoms with Gasteiger partial charge in [0.25, 0.3) is 0 Å². The van der Waals surface area contributed by atoms with Crippen LogP contribution in [0.5, 0.6) is 5.75 Å². The maximum atomic E-state index is 9.31. The van der Waals surface area contributed by atoms with Crippen LogP contribution in [0, 0.1) is 0 Å². The average molecular weight is 341 g/mol. The molecule has 0 aliphatic heterocycles. The second-order valence-corrected chi connectivity index (χ2v) is 5.61. The molecule has 3 aromatic carbocycles. The zero-order valence-electron chi connectivity index (χ0n) is 14.2. The van der Waals surface area contributed by atoms with Gasteiger partial charge in [-0.3, -0.25) is 0 Å². The Balaban J connectivity index is 1.85. The van der Waals surface area contributed by atoms with Crippen molar-refractivity contribution in [3.8, 4) is 5.75 Å². The van der Waals surface area contributed by atoms with Crippen LogP contribution in [0.2, 0.25) is 0 Å². The molecule has 4 heteroatoms. The van der Waals surface area contributed by atoms with Gasteiger partial charge in [0.2, 0.25) is 0 Å². The highest BCUT2D eigenvalue weighted by atomic mass is 16.3. The minimum atomic E-state index is 0.184. The highest BCUT2D eigenvalue weighted by Gasteiger charge is 2.03. The third-order valence-corrected chi connectivity index (χ3v) is 3.81. The molecule has 3 aromatic rings. The topological polar surface area (TPSA) is 71.0 Å². The van der Waals surface area contributed by atoms with Gasteiger partial charge >= 0.3 is 0 Å². The number of hydrogen-bond donors (Lipinski definition) is 2. The average Bonchev–Trinajstić information content (AvgIpc) is 2.70. The summed E-state index contributed by atoms with van der Waals surface area (Å²) in [6.45, 7) is 0. The summed E-state index contributed by atoms with van der Waals surface area (Å²) < 4.78 is 0. The molecule has 26 heavy (non-hydrogen) atoms. The number of amidine groups is 1. The third-order valence-electron chi connectivity index (χ3n) is 3.81. The van der Waals surface area contributed by atoms with Crippen molar-refractivity contribution in [1.82, 2.24) is 0 Å². The molecule has 0 aliphatic carbocycles. The van der Waals surface area contributed by atoms with Crippen LogP contribution in [0.25, 0.3) is 5.57 Å². The van der Waals surface area contributed by atoms with Gasteiger partial charge in [-0.05, 0) is 47.0 Å². The minimum absolute atomic E-state index is 0.184. The Kier molecular flexibility index (Phi) is 5.58. The zero-order valence-corrected chi connectivity index (χ0v) is 14.2. The van der Waals surface area contributed by atoms with Gasteiger partial charge in [-0.15, -0.1) is 5.10 Å². The van der Waals surface area contributed by atoms with Crippen molar-refractivity contribution in [2.75, 3.05) is 0 Å². The van der Waals surface area contributed by atoms with E-state index in [4.69, 9.17) is 5.73 Å². The number of nitrogens with zero attached hydrogens (tertiary/aromatic N) is 2. The van der Waals surface area contributed by atoms with Crippen molar-refractivity contribution in [3.63, 3.8) is 0 Å². The fourth-order valence-electron chi connectivity index (χ4n) is 2.49. The fraction of sp³-hybridized carbons (Fsp3) is 0. The number of nitrogens with two attached hydrogens (primary N) is 1. The van der Waals surface area contributed by atoms with E-state index in [0.29, 0.717) is 5.56 Å². The molecule has 0 unspecified atom stereocenters. The van der Waals surface area contributed by atoms with Gasteiger partial charge < -0.3 is 10.8 Å². The van der Waals surface area contributed by atoms with E-state index in [0.717, 1.165) is 16.7 Å².